The first kappa shape index (κ1) is 19.9. The Morgan fingerprint density at radius 1 is 1.10 bits per heavy atom. The van der Waals surface area contributed by atoms with Crippen LogP contribution in [0.15, 0.2) is 66.3 Å². The number of fused-ring (bicyclic) bond motifs is 1. The van der Waals surface area contributed by atoms with Gasteiger partial charge in [-0.15, -0.1) is 11.3 Å². The molecule has 2 atom stereocenters. The lowest BCUT2D eigenvalue weighted by atomic mass is 9.80. The van der Waals surface area contributed by atoms with E-state index >= 15 is 0 Å². The minimum Gasteiger partial charge on any atom is -0.351 e. The fraction of sp³-hybridized carbons (Fsp3) is 0.320. The lowest BCUT2D eigenvalue weighted by molar-refractivity contribution is -0.124. The van der Waals surface area contributed by atoms with Crippen LogP contribution < -0.4 is 5.32 Å². The molecule has 5 rings (SSSR count). The maximum Gasteiger partial charge on any atom is 0.254 e. The van der Waals surface area contributed by atoms with E-state index in [0.29, 0.717) is 12.1 Å². The Morgan fingerprint density at radius 2 is 1.94 bits per heavy atom. The Kier molecular flexibility index (Phi) is 5.55. The Labute approximate surface area is 186 Å². The molecular formula is C25H25N3O2S. The number of aromatic nitrogens is 1. The molecule has 1 aromatic carbocycles. The molecule has 1 fully saturated rings. The Balaban J connectivity index is 1.56. The molecule has 1 saturated carbocycles. The van der Waals surface area contributed by atoms with Gasteiger partial charge < -0.3 is 10.2 Å². The smallest absolute Gasteiger partial charge is 0.254 e. The van der Waals surface area contributed by atoms with Gasteiger partial charge in [0, 0.05) is 35.4 Å². The molecule has 1 aliphatic heterocycles. The predicted octanol–water partition coefficient (Wildman–Crippen LogP) is 4.68. The third-order valence-corrected chi connectivity index (χ3v) is 7.34. The molecule has 0 radical (unpaired) electrons. The third-order valence-electron chi connectivity index (χ3n) is 6.40. The van der Waals surface area contributed by atoms with Crippen molar-refractivity contribution < 1.29 is 9.59 Å². The zero-order valence-electron chi connectivity index (χ0n) is 17.2. The SMILES string of the molecule is O=C(NCc1cccnc1)C1c2ccccc2C(=O)N(C2CCCC2)C1c1cccs1. The molecule has 158 valence electrons. The first-order valence-electron chi connectivity index (χ1n) is 10.9. The van der Waals surface area contributed by atoms with E-state index in [0.717, 1.165) is 41.7 Å². The summed E-state index contributed by atoms with van der Waals surface area (Å²) in [4.78, 5) is 34.5. The summed E-state index contributed by atoms with van der Waals surface area (Å²) in [6.07, 6.45) is 7.75. The molecule has 1 N–H and O–H groups in total. The highest BCUT2D eigenvalue weighted by molar-refractivity contribution is 7.10. The maximum absolute atomic E-state index is 13.6. The molecule has 5 nitrogen and oxygen atoms in total. The number of carbonyl (C=O) groups is 2. The molecule has 1 aliphatic carbocycles. The number of carbonyl (C=O) groups excluding carboxylic acids is 2. The van der Waals surface area contributed by atoms with E-state index in [2.05, 4.69) is 16.4 Å². The first-order valence-corrected chi connectivity index (χ1v) is 11.7. The number of nitrogens with zero attached hydrogens (tertiary/aromatic N) is 2. The Bertz CT molecular complexity index is 1060. The molecule has 31 heavy (non-hydrogen) atoms. The minimum atomic E-state index is -0.440. The molecule has 6 heteroatoms. The van der Waals surface area contributed by atoms with Gasteiger partial charge in [0.25, 0.3) is 5.91 Å². The van der Waals surface area contributed by atoms with Gasteiger partial charge in [0.15, 0.2) is 0 Å². The van der Waals surface area contributed by atoms with E-state index in [4.69, 9.17) is 0 Å². The van der Waals surface area contributed by atoms with Crippen LogP contribution >= 0.6 is 11.3 Å². The van der Waals surface area contributed by atoms with Crippen molar-refractivity contribution in [3.05, 3.63) is 87.9 Å². The monoisotopic (exact) mass is 431 g/mol. The summed E-state index contributed by atoms with van der Waals surface area (Å²) in [6.45, 7) is 0.417. The van der Waals surface area contributed by atoms with Crippen molar-refractivity contribution in [1.82, 2.24) is 15.2 Å². The number of amides is 2. The zero-order chi connectivity index (χ0) is 21.2. The topological polar surface area (TPSA) is 62.3 Å². The van der Waals surface area contributed by atoms with Crippen molar-refractivity contribution in [3.63, 3.8) is 0 Å². The second-order valence-corrected chi connectivity index (χ2v) is 9.23. The van der Waals surface area contributed by atoms with Crippen molar-refractivity contribution in [2.75, 3.05) is 0 Å². The number of hydrogen-bond acceptors (Lipinski definition) is 4. The van der Waals surface area contributed by atoms with Crippen molar-refractivity contribution in [1.29, 1.82) is 0 Å². The van der Waals surface area contributed by atoms with E-state index in [1.165, 1.54) is 0 Å². The van der Waals surface area contributed by atoms with Crippen molar-refractivity contribution in [3.8, 4) is 0 Å². The number of thiophene rings is 1. The normalized spacial score (nSPS) is 21.2. The molecule has 0 saturated heterocycles. The van der Waals surface area contributed by atoms with E-state index in [1.807, 2.05) is 52.7 Å². The van der Waals surface area contributed by atoms with Gasteiger partial charge in [-0.2, -0.15) is 0 Å². The summed E-state index contributed by atoms with van der Waals surface area (Å²) in [7, 11) is 0. The third kappa shape index (κ3) is 3.76. The fourth-order valence-electron chi connectivity index (χ4n) is 4.98. The van der Waals surface area contributed by atoms with Crippen LogP contribution in [0.3, 0.4) is 0 Å². The van der Waals surface area contributed by atoms with Gasteiger partial charge in [-0.25, -0.2) is 0 Å². The fourth-order valence-corrected chi connectivity index (χ4v) is 5.84. The molecule has 0 bridgehead atoms. The van der Waals surface area contributed by atoms with E-state index < -0.39 is 5.92 Å². The molecule has 2 aliphatic rings. The van der Waals surface area contributed by atoms with Crippen LogP contribution in [0, 0.1) is 0 Å². The highest BCUT2D eigenvalue weighted by Crippen LogP contribution is 2.47. The lowest BCUT2D eigenvalue weighted by Gasteiger charge is -2.44. The second-order valence-electron chi connectivity index (χ2n) is 8.25. The van der Waals surface area contributed by atoms with Gasteiger partial charge in [-0.3, -0.25) is 14.6 Å². The number of hydrogen-bond donors (Lipinski definition) is 1. The van der Waals surface area contributed by atoms with E-state index in [-0.39, 0.29) is 23.9 Å². The average molecular weight is 432 g/mol. The van der Waals surface area contributed by atoms with Crippen molar-refractivity contribution in [2.45, 2.75) is 50.2 Å². The van der Waals surface area contributed by atoms with Crippen molar-refractivity contribution in [2.24, 2.45) is 0 Å². The van der Waals surface area contributed by atoms with Crippen LogP contribution in [0.1, 0.15) is 64.0 Å². The van der Waals surface area contributed by atoms with Crippen LogP contribution in [0.4, 0.5) is 0 Å². The van der Waals surface area contributed by atoms with E-state index in [9.17, 15) is 9.59 Å². The largest absolute Gasteiger partial charge is 0.351 e. The maximum atomic E-state index is 13.6. The first-order chi connectivity index (χ1) is 15.2. The number of benzene rings is 1. The molecule has 2 unspecified atom stereocenters. The van der Waals surface area contributed by atoms with Gasteiger partial charge in [-0.05, 0) is 47.5 Å². The van der Waals surface area contributed by atoms with Gasteiger partial charge >= 0.3 is 0 Å². The summed E-state index contributed by atoms with van der Waals surface area (Å²) in [5.74, 6) is -0.438. The van der Waals surface area contributed by atoms with Crippen LogP contribution in [-0.4, -0.2) is 27.7 Å². The number of nitrogens with one attached hydrogen (secondary N) is 1. The second kappa shape index (κ2) is 8.63. The molecule has 0 spiro atoms. The standard InChI is InChI=1S/C25H25N3O2S/c29-24(27-16-17-7-5-13-26-15-17)22-19-10-3-4-11-20(19)25(30)28(18-8-1-2-9-18)23(22)21-12-6-14-31-21/h3-7,10-15,18,22-23H,1-2,8-9,16H2,(H,27,29). The van der Waals surface area contributed by atoms with Gasteiger partial charge in [0.1, 0.15) is 0 Å². The average Bonchev–Trinajstić information content (AvgIpc) is 3.52. The number of rotatable bonds is 5. The minimum absolute atomic E-state index is 0.0507. The molecule has 3 aromatic rings. The van der Waals surface area contributed by atoms with Crippen LogP contribution in [-0.2, 0) is 11.3 Å². The summed E-state index contributed by atoms with van der Waals surface area (Å²) in [5.41, 5.74) is 2.43. The molecule has 2 amide bonds. The van der Waals surface area contributed by atoms with Crippen LogP contribution in [0.2, 0.25) is 0 Å². The quantitative estimate of drug-likeness (QED) is 0.638. The Hall–Kier alpha value is -2.99. The summed E-state index contributed by atoms with van der Waals surface area (Å²) in [5, 5.41) is 5.14. The molecule has 3 heterocycles. The Morgan fingerprint density at radius 3 is 2.68 bits per heavy atom. The van der Waals surface area contributed by atoms with Crippen molar-refractivity contribution >= 4 is 23.2 Å². The van der Waals surface area contributed by atoms with Crippen LogP contribution in [0.25, 0.3) is 0 Å². The van der Waals surface area contributed by atoms with E-state index in [1.54, 1.807) is 23.7 Å². The highest BCUT2D eigenvalue weighted by Gasteiger charge is 2.47. The van der Waals surface area contributed by atoms with Crippen LogP contribution in [0.5, 0.6) is 0 Å². The molecular weight excluding hydrogens is 406 g/mol. The summed E-state index contributed by atoms with van der Waals surface area (Å²) >= 11 is 1.62. The predicted molar refractivity (Wildman–Crippen MR) is 121 cm³/mol. The number of pyridine rings is 1. The summed E-state index contributed by atoms with van der Waals surface area (Å²) in [6, 6.07) is 15.4. The van der Waals surface area contributed by atoms with Gasteiger partial charge in [0.05, 0.1) is 12.0 Å². The van der Waals surface area contributed by atoms with Gasteiger partial charge in [0.2, 0.25) is 5.91 Å². The summed E-state index contributed by atoms with van der Waals surface area (Å²) < 4.78 is 0. The highest BCUT2D eigenvalue weighted by atomic mass is 32.1. The van der Waals surface area contributed by atoms with Gasteiger partial charge in [-0.1, -0.05) is 43.2 Å². The zero-order valence-corrected chi connectivity index (χ0v) is 18.1. The lowest BCUT2D eigenvalue weighted by Crippen LogP contribution is -2.50. The molecule has 2 aromatic heterocycles.